The summed E-state index contributed by atoms with van der Waals surface area (Å²) in [7, 11) is 0. The molecule has 0 aromatic carbocycles. The van der Waals surface area contributed by atoms with E-state index in [2.05, 4.69) is 11.3 Å². The first-order chi connectivity index (χ1) is 4.66. The number of rotatable bonds is 4. The highest BCUT2D eigenvalue weighted by Crippen LogP contribution is 1.99. The van der Waals surface area contributed by atoms with E-state index >= 15 is 0 Å². The van der Waals surface area contributed by atoms with Crippen LogP contribution in [-0.2, 0) is 9.53 Å². The van der Waals surface area contributed by atoms with Crippen LogP contribution >= 0.6 is 11.6 Å². The second-order valence-corrected chi connectivity index (χ2v) is 2.35. The van der Waals surface area contributed by atoms with Gasteiger partial charge in [0.25, 0.3) is 0 Å². The number of ether oxygens (including phenoxy) is 1. The van der Waals surface area contributed by atoms with Crippen LogP contribution in [0, 0.1) is 0 Å². The minimum atomic E-state index is -0.282. The number of hydrogen-bond acceptors (Lipinski definition) is 2. The molecule has 0 amide bonds. The van der Waals surface area contributed by atoms with E-state index in [9.17, 15) is 4.79 Å². The van der Waals surface area contributed by atoms with E-state index in [4.69, 9.17) is 11.6 Å². The molecule has 0 rings (SSSR count). The second-order valence-electron chi connectivity index (χ2n) is 1.97. The lowest BCUT2D eigenvalue weighted by Gasteiger charge is -2.02. The first-order valence-electron chi connectivity index (χ1n) is 3.02. The van der Waals surface area contributed by atoms with Gasteiger partial charge in [0.05, 0.1) is 0 Å². The van der Waals surface area contributed by atoms with Gasteiger partial charge in [0.2, 0.25) is 0 Å². The molecule has 0 saturated heterocycles. The molecule has 0 aliphatic rings. The number of carbonyl (C=O) groups is 1. The van der Waals surface area contributed by atoms with Crippen molar-refractivity contribution >= 4 is 17.6 Å². The van der Waals surface area contributed by atoms with Gasteiger partial charge in [0.15, 0.2) is 0 Å². The maximum atomic E-state index is 10.3. The fourth-order valence-corrected chi connectivity index (χ4v) is 0.677. The predicted octanol–water partition coefficient (Wildman–Crippen LogP) is 1.73. The van der Waals surface area contributed by atoms with E-state index in [-0.39, 0.29) is 5.97 Å². The Bertz CT molecular complexity index is 132. The van der Waals surface area contributed by atoms with Crippen molar-refractivity contribution in [1.82, 2.24) is 0 Å². The molecule has 0 N–H and O–H groups in total. The molecule has 0 aliphatic carbocycles. The normalized spacial score (nSPS) is 9.00. The number of carbonyl (C=O) groups excluding carboxylic acids is 1. The Hall–Kier alpha value is -0.500. The summed E-state index contributed by atoms with van der Waals surface area (Å²) in [6.07, 6.45) is 0.703. The Labute approximate surface area is 65.8 Å². The lowest BCUT2D eigenvalue weighted by molar-refractivity contribution is -0.140. The number of alkyl halides is 1. The van der Waals surface area contributed by atoms with Gasteiger partial charge < -0.3 is 4.74 Å². The Kier molecular flexibility index (Phi) is 5.03. The van der Waals surface area contributed by atoms with Crippen molar-refractivity contribution in [3.8, 4) is 0 Å². The van der Waals surface area contributed by atoms with Crippen LogP contribution in [0.4, 0.5) is 0 Å². The Morgan fingerprint density at radius 2 is 2.30 bits per heavy atom. The third-order valence-corrected chi connectivity index (χ3v) is 1.12. The van der Waals surface area contributed by atoms with Gasteiger partial charge in [0, 0.05) is 12.8 Å². The molecule has 0 saturated carbocycles. The molecule has 0 aromatic rings. The molecule has 2 nitrogen and oxygen atoms in total. The van der Waals surface area contributed by atoms with Crippen molar-refractivity contribution in [3.05, 3.63) is 12.2 Å². The van der Waals surface area contributed by atoms with Crippen LogP contribution in [0.2, 0.25) is 0 Å². The molecule has 0 unspecified atom stereocenters. The fourth-order valence-electron chi connectivity index (χ4n) is 0.409. The molecule has 3 heteroatoms. The summed E-state index contributed by atoms with van der Waals surface area (Å²) >= 11 is 5.41. The van der Waals surface area contributed by atoms with Gasteiger partial charge in [-0.1, -0.05) is 6.58 Å². The molecule has 0 bridgehead atoms. The van der Waals surface area contributed by atoms with Crippen LogP contribution in [0.3, 0.4) is 0 Å². The van der Waals surface area contributed by atoms with E-state index in [1.807, 2.05) is 0 Å². The summed E-state index contributed by atoms with van der Waals surface area (Å²) in [5.74, 6) is 0.246. The highest BCUT2D eigenvalue weighted by molar-refractivity contribution is 6.17. The SMILES string of the molecule is C=C(CCCl)COC(C)=O. The molecule has 0 aliphatic heterocycles. The highest BCUT2D eigenvalue weighted by Gasteiger charge is 1.95. The van der Waals surface area contributed by atoms with Gasteiger partial charge >= 0.3 is 5.97 Å². The van der Waals surface area contributed by atoms with Crippen molar-refractivity contribution in [1.29, 1.82) is 0 Å². The molecule has 0 heterocycles. The van der Waals surface area contributed by atoms with Crippen LogP contribution < -0.4 is 0 Å². The van der Waals surface area contributed by atoms with Gasteiger partial charge in [-0.3, -0.25) is 4.79 Å². The van der Waals surface area contributed by atoms with E-state index < -0.39 is 0 Å². The van der Waals surface area contributed by atoms with Gasteiger partial charge in [-0.2, -0.15) is 0 Å². The third-order valence-electron chi connectivity index (χ3n) is 0.928. The van der Waals surface area contributed by atoms with Gasteiger partial charge in [-0.15, -0.1) is 11.6 Å². The maximum absolute atomic E-state index is 10.3. The van der Waals surface area contributed by atoms with E-state index in [0.29, 0.717) is 18.9 Å². The summed E-state index contributed by atoms with van der Waals surface area (Å²) in [6.45, 7) is 5.32. The summed E-state index contributed by atoms with van der Waals surface area (Å²) < 4.78 is 4.66. The molecule has 0 aromatic heterocycles. The average molecular weight is 163 g/mol. The number of esters is 1. The zero-order valence-corrected chi connectivity index (χ0v) is 6.78. The average Bonchev–Trinajstić information content (AvgIpc) is 1.85. The van der Waals surface area contributed by atoms with Crippen molar-refractivity contribution in [2.45, 2.75) is 13.3 Å². The zero-order chi connectivity index (χ0) is 7.98. The summed E-state index contributed by atoms with van der Waals surface area (Å²) in [5.41, 5.74) is 0.852. The smallest absolute Gasteiger partial charge is 0.302 e. The first-order valence-corrected chi connectivity index (χ1v) is 3.56. The van der Waals surface area contributed by atoms with E-state index in [1.165, 1.54) is 6.92 Å². The fraction of sp³-hybridized carbons (Fsp3) is 0.571. The van der Waals surface area contributed by atoms with Crippen molar-refractivity contribution < 1.29 is 9.53 Å². The van der Waals surface area contributed by atoms with Crippen LogP contribution in [0.1, 0.15) is 13.3 Å². The highest BCUT2D eigenvalue weighted by atomic mass is 35.5. The lowest BCUT2D eigenvalue weighted by Crippen LogP contribution is -2.02. The molecular weight excluding hydrogens is 152 g/mol. The van der Waals surface area contributed by atoms with Crippen LogP contribution in [-0.4, -0.2) is 18.5 Å². The maximum Gasteiger partial charge on any atom is 0.302 e. The summed E-state index contributed by atoms with van der Waals surface area (Å²) in [5, 5.41) is 0. The van der Waals surface area contributed by atoms with Crippen LogP contribution in [0.25, 0.3) is 0 Å². The summed E-state index contributed by atoms with van der Waals surface area (Å²) in [4.78, 5) is 10.3. The monoisotopic (exact) mass is 162 g/mol. The van der Waals surface area contributed by atoms with Crippen molar-refractivity contribution in [3.63, 3.8) is 0 Å². The lowest BCUT2D eigenvalue weighted by atomic mass is 10.2. The molecule has 0 fully saturated rings. The molecule has 0 atom stereocenters. The standard InChI is InChI=1S/C7H11ClO2/c1-6(3-4-8)5-10-7(2)9/h1,3-5H2,2H3. The molecule has 0 radical (unpaired) electrons. The summed E-state index contributed by atoms with van der Waals surface area (Å²) in [6, 6.07) is 0. The molecule has 10 heavy (non-hydrogen) atoms. The van der Waals surface area contributed by atoms with Crippen molar-refractivity contribution in [2.75, 3.05) is 12.5 Å². The quantitative estimate of drug-likeness (QED) is 0.358. The number of halogens is 1. The minimum Gasteiger partial charge on any atom is -0.461 e. The topological polar surface area (TPSA) is 26.3 Å². The van der Waals surface area contributed by atoms with Crippen LogP contribution in [0.5, 0.6) is 0 Å². The number of hydrogen-bond donors (Lipinski definition) is 0. The van der Waals surface area contributed by atoms with Crippen LogP contribution in [0.15, 0.2) is 12.2 Å². The molecular formula is C7H11ClO2. The Morgan fingerprint density at radius 1 is 1.70 bits per heavy atom. The molecule has 58 valence electrons. The first kappa shape index (κ1) is 9.50. The predicted molar refractivity (Wildman–Crippen MR) is 41.1 cm³/mol. The van der Waals surface area contributed by atoms with E-state index in [0.717, 1.165) is 5.57 Å². The second kappa shape index (κ2) is 5.30. The van der Waals surface area contributed by atoms with E-state index in [1.54, 1.807) is 0 Å². The van der Waals surface area contributed by atoms with Gasteiger partial charge in [0.1, 0.15) is 6.61 Å². The van der Waals surface area contributed by atoms with Gasteiger partial charge in [-0.05, 0) is 12.0 Å². The third kappa shape index (κ3) is 5.63. The largest absolute Gasteiger partial charge is 0.461 e. The molecule has 0 spiro atoms. The Balaban J connectivity index is 3.30. The van der Waals surface area contributed by atoms with Crippen molar-refractivity contribution in [2.24, 2.45) is 0 Å². The minimum absolute atomic E-state index is 0.282. The Morgan fingerprint density at radius 3 is 2.70 bits per heavy atom. The zero-order valence-electron chi connectivity index (χ0n) is 6.02. The van der Waals surface area contributed by atoms with Gasteiger partial charge in [-0.25, -0.2) is 0 Å².